The van der Waals surface area contributed by atoms with Gasteiger partial charge >= 0.3 is 0 Å². The summed E-state index contributed by atoms with van der Waals surface area (Å²) in [4.78, 5) is 12.6. The van der Waals surface area contributed by atoms with Crippen LogP contribution in [0.4, 0.5) is 0 Å². The molecule has 2 aliphatic rings. The van der Waals surface area contributed by atoms with Crippen molar-refractivity contribution in [1.29, 1.82) is 0 Å². The van der Waals surface area contributed by atoms with E-state index >= 15 is 0 Å². The van der Waals surface area contributed by atoms with Crippen molar-refractivity contribution in [3.05, 3.63) is 12.2 Å². The number of carbonyl (C=O) groups excluding carboxylic acids is 1. The topological polar surface area (TPSA) is 186 Å². The highest BCUT2D eigenvalue weighted by Crippen LogP contribution is 2.30. The summed E-state index contributed by atoms with van der Waals surface area (Å²) in [5, 5.41) is 70.7. The zero-order valence-corrected chi connectivity index (χ0v) is 25.2. The first-order valence-electron chi connectivity index (χ1n) is 16.0. The lowest BCUT2D eigenvalue weighted by atomic mass is 9.91. The molecule has 0 amide bonds. The molecule has 0 aliphatic carbocycles. The van der Waals surface area contributed by atoms with E-state index in [0.717, 1.165) is 44.9 Å². The SMILES string of the molecule is CCCCCCCC/C=C/CCCCCCCC(=O)C[C@@H]1O[C@H](CO)[C@@H](O[C@@H]2O[C@H](CO)[C@@H](O)[C@H](O)[C@H]2O)[C@H](O)[C@H]1O. The van der Waals surface area contributed by atoms with Crippen molar-refractivity contribution in [2.45, 2.75) is 164 Å². The second kappa shape index (κ2) is 20.9. The summed E-state index contributed by atoms with van der Waals surface area (Å²) in [6, 6.07) is 0. The Labute approximate surface area is 250 Å². The molecule has 2 heterocycles. The Kier molecular flexibility index (Phi) is 18.5. The predicted octanol–water partition coefficient (Wildman–Crippen LogP) is 1.65. The third-order valence-electron chi connectivity index (χ3n) is 8.25. The quantitative estimate of drug-likeness (QED) is 0.0746. The van der Waals surface area contributed by atoms with Gasteiger partial charge in [-0.3, -0.25) is 4.79 Å². The number of unbranched alkanes of at least 4 members (excludes halogenated alkanes) is 11. The summed E-state index contributed by atoms with van der Waals surface area (Å²) in [6.45, 7) is 0.948. The van der Waals surface area contributed by atoms with E-state index in [1.54, 1.807) is 0 Å². The zero-order chi connectivity index (χ0) is 30.9. The van der Waals surface area contributed by atoms with Crippen LogP contribution in [0, 0.1) is 0 Å². The first kappa shape index (κ1) is 37.2. The number of allylic oxidation sites excluding steroid dienone is 2. The molecular weight excluding hydrogens is 548 g/mol. The van der Waals surface area contributed by atoms with Crippen molar-refractivity contribution in [3.63, 3.8) is 0 Å². The van der Waals surface area contributed by atoms with Crippen molar-refractivity contribution in [3.8, 4) is 0 Å². The highest BCUT2D eigenvalue weighted by atomic mass is 16.7. The molecule has 0 radical (unpaired) electrons. The average Bonchev–Trinajstić information content (AvgIpc) is 2.98. The number of hydrogen-bond acceptors (Lipinski definition) is 11. The second-order valence-electron chi connectivity index (χ2n) is 11.8. The number of aliphatic hydroxyl groups is 7. The van der Waals surface area contributed by atoms with E-state index in [2.05, 4.69) is 19.1 Å². The molecule has 2 saturated heterocycles. The summed E-state index contributed by atoms with van der Waals surface area (Å²) in [5.41, 5.74) is 0. The van der Waals surface area contributed by atoms with Crippen LogP contribution in [0.3, 0.4) is 0 Å². The Morgan fingerprint density at radius 2 is 1.19 bits per heavy atom. The van der Waals surface area contributed by atoms with E-state index in [9.17, 15) is 40.5 Å². The van der Waals surface area contributed by atoms with Crippen LogP contribution in [-0.2, 0) is 19.0 Å². The first-order valence-corrected chi connectivity index (χ1v) is 16.0. The van der Waals surface area contributed by atoms with Crippen LogP contribution in [0.15, 0.2) is 12.2 Å². The monoisotopic (exact) mass is 604 g/mol. The maximum atomic E-state index is 12.6. The minimum atomic E-state index is -1.72. The van der Waals surface area contributed by atoms with E-state index in [4.69, 9.17) is 14.2 Å². The summed E-state index contributed by atoms with van der Waals surface area (Å²) < 4.78 is 16.6. The van der Waals surface area contributed by atoms with Gasteiger partial charge in [0.25, 0.3) is 0 Å². The summed E-state index contributed by atoms with van der Waals surface area (Å²) in [7, 11) is 0. The van der Waals surface area contributed by atoms with E-state index in [1.807, 2.05) is 0 Å². The molecule has 246 valence electrons. The van der Waals surface area contributed by atoms with Crippen LogP contribution in [-0.4, -0.2) is 116 Å². The van der Waals surface area contributed by atoms with Crippen LogP contribution in [0.25, 0.3) is 0 Å². The highest BCUT2D eigenvalue weighted by Gasteiger charge is 2.50. The molecule has 2 aliphatic heterocycles. The van der Waals surface area contributed by atoms with Gasteiger partial charge in [0.1, 0.15) is 54.6 Å². The summed E-state index contributed by atoms with van der Waals surface area (Å²) in [6.07, 6.45) is 5.35. The fourth-order valence-corrected chi connectivity index (χ4v) is 5.55. The Bertz CT molecular complexity index is 746. The van der Waals surface area contributed by atoms with Gasteiger partial charge in [-0.25, -0.2) is 0 Å². The lowest BCUT2D eigenvalue weighted by molar-refractivity contribution is -0.341. The molecule has 0 bridgehead atoms. The van der Waals surface area contributed by atoms with Crippen molar-refractivity contribution >= 4 is 5.78 Å². The molecule has 2 fully saturated rings. The van der Waals surface area contributed by atoms with Crippen LogP contribution in [0.2, 0.25) is 0 Å². The highest BCUT2D eigenvalue weighted by molar-refractivity contribution is 5.78. The van der Waals surface area contributed by atoms with Gasteiger partial charge in [-0.2, -0.15) is 0 Å². The molecule has 11 nitrogen and oxygen atoms in total. The van der Waals surface area contributed by atoms with E-state index < -0.39 is 74.4 Å². The Morgan fingerprint density at radius 1 is 0.643 bits per heavy atom. The van der Waals surface area contributed by atoms with Gasteiger partial charge in [0.2, 0.25) is 0 Å². The number of rotatable bonds is 21. The van der Waals surface area contributed by atoms with E-state index in [0.29, 0.717) is 6.42 Å². The Morgan fingerprint density at radius 3 is 1.79 bits per heavy atom. The normalized spacial score (nSPS) is 33.8. The average molecular weight is 605 g/mol. The molecule has 0 aromatic rings. The van der Waals surface area contributed by atoms with E-state index in [-0.39, 0.29) is 12.2 Å². The fraction of sp³-hybridized carbons (Fsp3) is 0.903. The standard InChI is InChI=1S/C31H56O11/c1-2-3-4-5-6-7-8-9-10-11-12-13-14-15-16-17-21(34)18-22-25(35)28(38)30(24(20-33)40-22)42-31-29(39)27(37)26(36)23(19-32)41-31/h9-10,22-33,35-39H,2-8,11-20H2,1H3/b10-9+/t22-,23+,24+,25-,26+,27-,28+,29+,30+,31-/m0/s1. The third-order valence-corrected chi connectivity index (χ3v) is 8.25. The molecule has 7 N–H and O–H groups in total. The molecule has 11 heteroatoms. The molecule has 0 unspecified atom stereocenters. The van der Waals surface area contributed by atoms with Gasteiger partial charge in [-0.05, 0) is 32.1 Å². The van der Waals surface area contributed by atoms with Crippen LogP contribution >= 0.6 is 0 Å². The van der Waals surface area contributed by atoms with Gasteiger partial charge in [0.05, 0.1) is 19.3 Å². The van der Waals surface area contributed by atoms with Crippen molar-refractivity contribution in [2.75, 3.05) is 13.2 Å². The number of aliphatic hydroxyl groups excluding tert-OH is 7. The number of ketones is 1. The summed E-state index contributed by atoms with van der Waals surface area (Å²) >= 11 is 0. The molecule has 0 aromatic heterocycles. The molecule has 0 spiro atoms. The maximum Gasteiger partial charge on any atom is 0.187 e. The fourth-order valence-electron chi connectivity index (χ4n) is 5.55. The Balaban J connectivity index is 1.64. The smallest absolute Gasteiger partial charge is 0.187 e. The van der Waals surface area contributed by atoms with Gasteiger partial charge in [-0.1, -0.05) is 70.4 Å². The third kappa shape index (κ3) is 12.2. The molecule has 10 atom stereocenters. The van der Waals surface area contributed by atoms with Crippen molar-refractivity contribution in [2.24, 2.45) is 0 Å². The van der Waals surface area contributed by atoms with Gasteiger partial charge in [0.15, 0.2) is 6.29 Å². The second-order valence-corrected chi connectivity index (χ2v) is 11.8. The van der Waals surface area contributed by atoms with Crippen LogP contribution < -0.4 is 0 Å². The van der Waals surface area contributed by atoms with Crippen molar-refractivity contribution < 1.29 is 54.8 Å². The number of Topliss-reactive ketones (excluding diaryl/α,β-unsaturated/α-hetero) is 1. The van der Waals surface area contributed by atoms with E-state index in [1.165, 1.54) is 38.5 Å². The molecule has 0 aromatic carbocycles. The minimum Gasteiger partial charge on any atom is -0.394 e. The zero-order valence-electron chi connectivity index (χ0n) is 25.2. The molecular formula is C31H56O11. The number of ether oxygens (including phenoxy) is 3. The first-order chi connectivity index (χ1) is 20.2. The number of carbonyl (C=O) groups is 1. The van der Waals surface area contributed by atoms with Crippen molar-refractivity contribution in [1.82, 2.24) is 0 Å². The van der Waals surface area contributed by atoms with Gasteiger partial charge in [0, 0.05) is 12.8 Å². The lowest BCUT2D eigenvalue weighted by Gasteiger charge is -2.46. The Hall–Kier alpha value is -0.990. The molecule has 2 rings (SSSR count). The van der Waals surface area contributed by atoms with Gasteiger partial charge in [-0.15, -0.1) is 0 Å². The maximum absolute atomic E-state index is 12.6. The summed E-state index contributed by atoms with van der Waals surface area (Å²) in [5.74, 6) is -0.117. The lowest BCUT2D eigenvalue weighted by Crippen LogP contribution is -2.64. The van der Waals surface area contributed by atoms with Crippen LogP contribution in [0.5, 0.6) is 0 Å². The minimum absolute atomic E-state index is 0.117. The number of hydrogen-bond donors (Lipinski definition) is 7. The largest absolute Gasteiger partial charge is 0.394 e. The molecule has 42 heavy (non-hydrogen) atoms. The molecule has 0 saturated carbocycles. The van der Waals surface area contributed by atoms with Crippen LogP contribution in [0.1, 0.15) is 103 Å². The van der Waals surface area contributed by atoms with Gasteiger partial charge < -0.3 is 50.0 Å². The predicted molar refractivity (Wildman–Crippen MR) is 155 cm³/mol.